The van der Waals surface area contributed by atoms with Crippen LogP contribution in [0.15, 0.2) is 0 Å². The predicted molar refractivity (Wildman–Crippen MR) is 111 cm³/mol. The van der Waals surface area contributed by atoms with Gasteiger partial charge in [-0.25, -0.2) is 0 Å². The summed E-state index contributed by atoms with van der Waals surface area (Å²) in [5.41, 5.74) is -1.21. The van der Waals surface area contributed by atoms with Crippen molar-refractivity contribution in [2.45, 2.75) is 89.9 Å². The number of fused-ring (bicyclic) bond motifs is 1. The third-order valence-corrected chi connectivity index (χ3v) is 6.20. The van der Waals surface area contributed by atoms with Crippen LogP contribution in [0.1, 0.15) is 66.2 Å². The molecule has 4 N–H and O–H groups in total. The van der Waals surface area contributed by atoms with E-state index in [0.717, 1.165) is 0 Å². The lowest BCUT2D eigenvalue weighted by Gasteiger charge is -2.36. The topological polar surface area (TPSA) is 128 Å². The third kappa shape index (κ3) is 5.30. The standard InChI is InChI=1S/C21H36N4O5/c1-5-21(4)20(30)23-16(13(2)3)19(29)25-11-8-10-15(25)18(28)22-14(17(27)24-21)9-6-7-12-26/h13-16,26H,5-12H2,1-4H3,(H,22,28)(H,23,30)(H,24,27)/t14-,15+,16-,21-/m0/s1. The highest BCUT2D eigenvalue weighted by molar-refractivity contribution is 5.99. The SMILES string of the molecule is CC[C@]1(C)NC(=O)[C@H](CCCCO)NC(=O)[C@H]2CCCN2C(=O)[C@H](C(C)C)NC1=O. The van der Waals surface area contributed by atoms with Crippen LogP contribution < -0.4 is 16.0 Å². The molecule has 0 saturated carbocycles. The van der Waals surface area contributed by atoms with Gasteiger partial charge in [0.2, 0.25) is 23.6 Å². The number of unbranched alkanes of at least 4 members (excludes halogenated alkanes) is 1. The zero-order valence-corrected chi connectivity index (χ0v) is 18.5. The van der Waals surface area contributed by atoms with Gasteiger partial charge >= 0.3 is 0 Å². The molecule has 0 radical (unpaired) electrons. The molecule has 0 unspecified atom stereocenters. The molecule has 170 valence electrons. The average molecular weight is 425 g/mol. The Hall–Kier alpha value is -2.16. The fraction of sp³-hybridized carbons (Fsp3) is 0.810. The molecule has 2 fully saturated rings. The van der Waals surface area contributed by atoms with Crippen molar-refractivity contribution in [1.82, 2.24) is 20.9 Å². The number of carbonyl (C=O) groups excluding carboxylic acids is 4. The highest BCUT2D eigenvalue weighted by Crippen LogP contribution is 2.22. The summed E-state index contributed by atoms with van der Waals surface area (Å²) in [5, 5.41) is 17.5. The number of aliphatic hydroxyl groups excluding tert-OH is 1. The van der Waals surface area contributed by atoms with Crippen LogP contribution >= 0.6 is 0 Å². The highest BCUT2D eigenvalue weighted by Gasteiger charge is 2.43. The number of aliphatic hydroxyl groups is 1. The molecule has 4 amide bonds. The Balaban J connectivity index is 2.40. The van der Waals surface area contributed by atoms with Crippen molar-refractivity contribution in [1.29, 1.82) is 0 Å². The fourth-order valence-corrected chi connectivity index (χ4v) is 3.96. The molecule has 9 heteroatoms. The largest absolute Gasteiger partial charge is 0.396 e. The van der Waals surface area contributed by atoms with Gasteiger partial charge in [-0.05, 0) is 51.4 Å². The molecule has 2 heterocycles. The van der Waals surface area contributed by atoms with E-state index in [9.17, 15) is 19.2 Å². The van der Waals surface area contributed by atoms with Crippen LogP contribution in [0, 0.1) is 5.92 Å². The van der Waals surface area contributed by atoms with E-state index in [1.54, 1.807) is 13.8 Å². The quantitative estimate of drug-likeness (QED) is 0.449. The Labute approximate surface area is 178 Å². The number of hydrogen-bond donors (Lipinski definition) is 4. The van der Waals surface area contributed by atoms with Crippen LogP contribution in [0.3, 0.4) is 0 Å². The van der Waals surface area contributed by atoms with Crippen molar-refractivity contribution in [3.8, 4) is 0 Å². The number of carbonyl (C=O) groups is 4. The molecule has 0 aromatic carbocycles. The molecule has 2 saturated heterocycles. The smallest absolute Gasteiger partial charge is 0.246 e. The Morgan fingerprint density at radius 3 is 2.43 bits per heavy atom. The second-order valence-corrected chi connectivity index (χ2v) is 8.84. The lowest BCUT2D eigenvalue weighted by molar-refractivity contribution is -0.145. The zero-order chi connectivity index (χ0) is 22.5. The summed E-state index contributed by atoms with van der Waals surface area (Å²) in [6.07, 6.45) is 2.94. The summed E-state index contributed by atoms with van der Waals surface area (Å²) in [6.45, 7) is 7.55. The van der Waals surface area contributed by atoms with Crippen LogP contribution in [0.4, 0.5) is 0 Å². The Morgan fingerprint density at radius 1 is 1.13 bits per heavy atom. The predicted octanol–water partition coefficient (Wildman–Crippen LogP) is 0.0641. The molecule has 9 nitrogen and oxygen atoms in total. The first-order valence-electron chi connectivity index (χ1n) is 11.0. The van der Waals surface area contributed by atoms with Gasteiger partial charge in [0.15, 0.2) is 0 Å². The monoisotopic (exact) mass is 424 g/mol. The molecule has 30 heavy (non-hydrogen) atoms. The van der Waals surface area contributed by atoms with Gasteiger partial charge in [-0.15, -0.1) is 0 Å². The van der Waals surface area contributed by atoms with Gasteiger partial charge in [0, 0.05) is 13.2 Å². The van der Waals surface area contributed by atoms with Crippen LogP contribution in [0.25, 0.3) is 0 Å². The van der Waals surface area contributed by atoms with E-state index in [1.165, 1.54) is 4.90 Å². The molecule has 2 aliphatic heterocycles. The molecule has 0 aromatic rings. The van der Waals surface area contributed by atoms with Crippen molar-refractivity contribution in [3.63, 3.8) is 0 Å². The molecule has 0 bridgehead atoms. The van der Waals surface area contributed by atoms with E-state index in [-0.39, 0.29) is 24.3 Å². The molecule has 0 aromatic heterocycles. The fourth-order valence-electron chi connectivity index (χ4n) is 3.96. The summed E-state index contributed by atoms with van der Waals surface area (Å²) < 4.78 is 0. The molecular weight excluding hydrogens is 388 g/mol. The number of rotatable bonds is 6. The summed E-state index contributed by atoms with van der Waals surface area (Å²) in [7, 11) is 0. The molecule has 0 aliphatic carbocycles. The number of nitrogens with zero attached hydrogens (tertiary/aromatic N) is 1. The first kappa shape index (κ1) is 24.1. The van der Waals surface area contributed by atoms with Crippen molar-refractivity contribution in [2.75, 3.05) is 13.2 Å². The minimum Gasteiger partial charge on any atom is -0.396 e. The maximum Gasteiger partial charge on any atom is 0.246 e. The van der Waals surface area contributed by atoms with E-state index in [1.807, 2.05) is 13.8 Å². The van der Waals surface area contributed by atoms with Crippen molar-refractivity contribution >= 4 is 23.6 Å². The summed E-state index contributed by atoms with van der Waals surface area (Å²) >= 11 is 0. The summed E-state index contributed by atoms with van der Waals surface area (Å²) in [6, 6.07) is -2.25. The molecule has 2 rings (SSSR count). The van der Waals surface area contributed by atoms with E-state index in [4.69, 9.17) is 5.11 Å². The van der Waals surface area contributed by atoms with E-state index in [0.29, 0.717) is 45.1 Å². The van der Waals surface area contributed by atoms with Crippen LogP contribution in [-0.2, 0) is 19.2 Å². The van der Waals surface area contributed by atoms with Gasteiger partial charge < -0.3 is 26.0 Å². The molecule has 4 atom stereocenters. The maximum absolute atomic E-state index is 13.2. The second-order valence-electron chi connectivity index (χ2n) is 8.84. The number of nitrogens with one attached hydrogen (secondary N) is 3. The highest BCUT2D eigenvalue weighted by atomic mass is 16.3. The van der Waals surface area contributed by atoms with Gasteiger partial charge in [-0.3, -0.25) is 19.2 Å². The lowest BCUT2D eigenvalue weighted by Crippen LogP contribution is -2.65. The second kappa shape index (κ2) is 10.2. The third-order valence-electron chi connectivity index (χ3n) is 6.20. The van der Waals surface area contributed by atoms with Crippen LogP contribution in [0.5, 0.6) is 0 Å². The Bertz CT molecular complexity index is 668. The number of amides is 4. The normalized spacial score (nSPS) is 30.9. The van der Waals surface area contributed by atoms with E-state index in [2.05, 4.69) is 16.0 Å². The molecule has 2 aliphatic rings. The first-order chi connectivity index (χ1) is 14.1. The number of hydrogen-bond acceptors (Lipinski definition) is 5. The first-order valence-corrected chi connectivity index (χ1v) is 11.0. The van der Waals surface area contributed by atoms with E-state index >= 15 is 0 Å². The minimum absolute atomic E-state index is 0.00113. The van der Waals surface area contributed by atoms with E-state index < -0.39 is 35.5 Å². The summed E-state index contributed by atoms with van der Waals surface area (Å²) in [4.78, 5) is 53.9. The lowest BCUT2D eigenvalue weighted by atomic mass is 9.93. The van der Waals surface area contributed by atoms with Gasteiger partial charge in [-0.1, -0.05) is 20.8 Å². The molecule has 0 spiro atoms. The van der Waals surface area contributed by atoms with Crippen molar-refractivity contribution < 1.29 is 24.3 Å². The zero-order valence-electron chi connectivity index (χ0n) is 18.5. The van der Waals surface area contributed by atoms with Gasteiger partial charge in [-0.2, -0.15) is 0 Å². The van der Waals surface area contributed by atoms with Gasteiger partial charge in [0.1, 0.15) is 23.7 Å². The van der Waals surface area contributed by atoms with Crippen LogP contribution in [-0.4, -0.2) is 70.5 Å². The van der Waals surface area contributed by atoms with Crippen LogP contribution in [0.2, 0.25) is 0 Å². The van der Waals surface area contributed by atoms with Crippen molar-refractivity contribution in [3.05, 3.63) is 0 Å². The Morgan fingerprint density at radius 2 is 1.83 bits per heavy atom. The maximum atomic E-state index is 13.2. The average Bonchev–Trinajstić information content (AvgIpc) is 3.19. The van der Waals surface area contributed by atoms with Gasteiger partial charge in [0.25, 0.3) is 0 Å². The minimum atomic E-state index is -1.21. The Kier molecular flexibility index (Phi) is 8.23. The summed E-state index contributed by atoms with van der Waals surface area (Å²) in [5.74, 6) is -1.63. The van der Waals surface area contributed by atoms with Crippen molar-refractivity contribution in [2.24, 2.45) is 5.92 Å². The molecular formula is C21H36N4O5. The van der Waals surface area contributed by atoms with Gasteiger partial charge in [0.05, 0.1) is 0 Å².